The number of thioether (sulfide) groups is 1. The number of halogens is 1. The summed E-state index contributed by atoms with van der Waals surface area (Å²) in [5, 5.41) is 3.09. The first kappa shape index (κ1) is 15.4. The van der Waals surface area contributed by atoms with E-state index in [-0.39, 0.29) is 17.3 Å². The van der Waals surface area contributed by atoms with Crippen molar-refractivity contribution in [1.29, 1.82) is 0 Å². The number of rotatable bonds is 5. The topological polar surface area (TPSA) is 94.8 Å². The average molecular weight is 326 g/mol. The fourth-order valence-electron chi connectivity index (χ4n) is 1.58. The van der Waals surface area contributed by atoms with Gasteiger partial charge in [0.1, 0.15) is 5.69 Å². The summed E-state index contributed by atoms with van der Waals surface area (Å²) in [6, 6.07) is 7.38. The molecule has 0 aliphatic heterocycles. The van der Waals surface area contributed by atoms with Gasteiger partial charge in [-0.2, -0.15) is 0 Å². The summed E-state index contributed by atoms with van der Waals surface area (Å²) < 4.78 is 0. The van der Waals surface area contributed by atoms with Gasteiger partial charge in [-0.15, -0.1) is 11.8 Å². The molecular formula is C13H12ClN3O3S. The van der Waals surface area contributed by atoms with Crippen LogP contribution in [0.2, 0.25) is 5.02 Å². The number of H-pyrrole nitrogens is 2. The number of aromatic nitrogens is 2. The number of hydrogen-bond acceptors (Lipinski definition) is 4. The van der Waals surface area contributed by atoms with Crippen LogP contribution in [0.4, 0.5) is 5.69 Å². The minimum absolute atomic E-state index is 0.0166. The number of aromatic amines is 2. The van der Waals surface area contributed by atoms with E-state index in [0.717, 1.165) is 5.56 Å². The van der Waals surface area contributed by atoms with Crippen molar-refractivity contribution in [3.8, 4) is 0 Å². The largest absolute Gasteiger partial charge is 0.325 e. The molecule has 21 heavy (non-hydrogen) atoms. The standard InChI is InChI=1S/C13H12ClN3O3S/c14-9-3-1-2-8(4-9)6-21-7-11(18)16-10-5-15-13(20)17-12(10)19/h1-5H,6-7H2,(H,16,18)(H2,15,17,19,20). The molecule has 0 fully saturated rings. The normalized spacial score (nSPS) is 10.3. The SMILES string of the molecule is O=C(CSCc1cccc(Cl)c1)Nc1c[nH]c(=O)[nH]c1=O. The molecule has 0 radical (unpaired) electrons. The van der Waals surface area contributed by atoms with Crippen LogP contribution in [-0.2, 0) is 10.5 Å². The number of amides is 1. The summed E-state index contributed by atoms with van der Waals surface area (Å²) in [6.45, 7) is 0. The summed E-state index contributed by atoms with van der Waals surface area (Å²) in [5.74, 6) is 0.501. The van der Waals surface area contributed by atoms with Gasteiger partial charge in [0.25, 0.3) is 5.56 Å². The Hall–Kier alpha value is -1.99. The third kappa shape index (κ3) is 4.80. The first-order valence-corrected chi connectivity index (χ1v) is 7.52. The van der Waals surface area contributed by atoms with Crippen molar-refractivity contribution >= 4 is 35.0 Å². The summed E-state index contributed by atoms with van der Waals surface area (Å²) in [6.07, 6.45) is 1.17. The molecule has 0 aliphatic rings. The number of carbonyl (C=O) groups is 1. The average Bonchev–Trinajstić information content (AvgIpc) is 2.42. The highest BCUT2D eigenvalue weighted by atomic mass is 35.5. The lowest BCUT2D eigenvalue weighted by atomic mass is 10.2. The molecule has 1 aromatic heterocycles. The molecule has 8 heteroatoms. The van der Waals surface area contributed by atoms with Gasteiger partial charge in [-0.3, -0.25) is 14.6 Å². The third-order valence-electron chi connectivity index (χ3n) is 2.48. The van der Waals surface area contributed by atoms with Gasteiger partial charge in [0, 0.05) is 17.0 Å². The summed E-state index contributed by atoms with van der Waals surface area (Å²) in [7, 11) is 0. The molecule has 0 saturated carbocycles. The van der Waals surface area contributed by atoms with Gasteiger partial charge in [0.2, 0.25) is 5.91 Å². The Labute approximate surface area is 128 Å². The van der Waals surface area contributed by atoms with E-state index in [4.69, 9.17) is 11.6 Å². The molecule has 0 atom stereocenters. The van der Waals surface area contributed by atoms with Crippen molar-refractivity contribution in [3.05, 3.63) is 61.9 Å². The van der Waals surface area contributed by atoms with Crippen molar-refractivity contribution in [2.24, 2.45) is 0 Å². The molecule has 0 bridgehead atoms. The van der Waals surface area contributed by atoms with Gasteiger partial charge >= 0.3 is 5.69 Å². The third-order valence-corrected chi connectivity index (χ3v) is 3.72. The molecular weight excluding hydrogens is 314 g/mol. The van der Waals surface area contributed by atoms with Crippen LogP contribution < -0.4 is 16.6 Å². The second kappa shape index (κ2) is 7.14. The van der Waals surface area contributed by atoms with Crippen LogP contribution in [0.5, 0.6) is 0 Å². The van der Waals surface area contributed by atoms with E-state index < -0.39 is 11.2 Å². The zero-order valence-corrected chi connectivity index (χ0v) is 12.4. The molecule has 1 aromatic carbocycles. The Bertz CT molecular complexity index is 757. The van der Waals surface area contributed by atoms with Gasteiger partial charge in [0.05, 0.1) is 5.75 Å². The zero-order chi connectivity index (χ0) is 15.2. The Morgan fingerprint density at radius 3 is 2.86 bits per heavy atom. The van der Waals surface area contributed by atoms with Crippen molar-refractivity contribution < 1.29 is 4.79 Å². The minimum atomic E-state index is -0.632. The first-order valence-electron chi connectivity index (χ1n) is 5.98. The predicted octanol–water partition coefficient (Wildman–Crippen LogP) is 1.59. The highest BCUT2D eigenvalue weighted by molar-refractivity contribution is 7.99. The van der Waals surface area contributed by atoms with Crippen LogP contribution in [0.1, 0.15) is 5.56 Å². The monoisotopic (exact) mass is 325 g/mol. The van der Waals surface area contributed by atoms with Crippen LogP contribution in [-0.4, -0.2) is 21.6 Å². The molecule has 0 unspecified atom stereocenters. The predicted molar refractivity (Wildman–Crippen MR) is 83.9 cm³/mol. The maximum absolute atomic E-state index is 11.7. The van der Waals surface area contributed by atoms with Crippen molar-refractivity contribution in [1.82, 2.24) is 9.97 Å². The van der Waals surface area contributed by atoms with Gasteiger partial charge in [-0.25, -0.2) is 4.79 Å². The number of hydrogen-bond donors (Lipinski definition) is 3. The lowest BCUT2D eigenvalue weighted by Gasteiger charge is -2.04. The zero-order valence-electron chi connectivity index (χ0n) is 10.8. The summed E-state index contributed by atoms with van der Waals surface area (Å²) in [5.41, 5.74) is -0.217. The number of nitrogens with one attached hydrogen (secondary N) is 3. The van der Waals surface area contributed by atoms with E-state index in [9.17, 15) is 14.4 Å². The van der Waals surface area contributed by atoms with Gasteiger partial charge in [-0.1, -0.05) is 23.7 Å². The fourth-order valence-corrected chi connectivity index (χ4v) is 2.57. The van der Waals surface area contributed by atoms with Crippen molar-refractivity contribution in [3.63, 3.8) is 0 Å². The second-order valence-electron chi connectivity index (χ2n) is 4.16. The highest BCUT2D eigenvalue weighted by Gasteiger charge is 2.06. The Kier molecular flexibility index (Phi) is 5.24. The number of anilines is 1. The van der Waals surface area contributed by atoms with E-state index in [1.165, 1.54) is 18.0 Å². The van der Waals surface area contributed by atoms with Crippen LogP contribution in [0.25, 0.3) is 0 Å². The van der Waals surface area contributed by atoms with E-state index in [2.05, 4.69) is 10.3 Å². The van der Waals surface area contributed by atoms with Crippen LogP contribution in [0.15, 0.2) is 40.1 Å². The van der Waals surface area contributed by atoms with Crippen LogP contribution in [0, 0.1) is 0 Å². The molecule has 0 saturated heterocycles. The highest BCUT2D eigenvalue weighted by Crippen LogP contribution is 2.16. The van der Waals surface area contributed by atoms with Gasteiger partial charge in [0.15, 0.2) is 0 Å². The van der Waals surface area contributed by atoms with Crippen molar-refractivity contribution in [2.75, 3.05) is 11.1 Å². The smallest absolute Gasteiger partial charge is 0.320 e. The molecule has 2 aromatic rings. The maximum atomic E-state index is 11.7. The van der Waals surface area contributed by atoms with E-state index in [1.807, 2.05) is 23.2 Å². The first-order chi connectivity index (χ1) is 10.0. The molecule has 2 rings (SSSR count). The van der Waals surface area contributed by atoms with E-state index in [0.29, 0.717) is 10.8 Å². The molecule has 1 heterocycles. The number of carbonyl (C=O) groups excluding carboxylic acids is 1. The van der Waals surface area contributed by atoms with E-state index in [1.54, 1.807) is 6.07 Å². The molecule has 1 amide bonds. The summed E-state index contributed by atoms with van der Waals surface area (Å²) in [4.78, 5) is 38.3. The van der Waals surface area contributed by atoms with Crippen LogP contribution in [0.3, 0.4) is 0 Å². The van der Waals surface area contributed by atoms with Crippen molar-refractivity contribution in [2.45, 2.75) is 5.75 Å². The van der Waals surface area contributed by atoms with Gasteiger partial charge < -0.3 is 10.3 Å². The Morgan fingerprint density at radius 2 is 2.14 bits per heavy atom. The van der Waals surface area contributed by atoms with Crippen LogP contribution >= 0.6 is 23.4 Å². The Morgan fingerprint density at radius 1 is 1.33 bits per heavy atom. The Balaban J connectivity index is 1.85. The second-order valence-corrected chi connectivity index (χ2v) is 5.58. The molecule has 110 valence electrons. The fraction of sp³-hybridized carbons (Fsp3) is 0.154. The quantitative estimate of drug-likeness (QED) is 0.778. The molecule has 3 N–H and O–H groups in total. The molecule has 6 nitrogen and oxygen atoms in total. The minimum Gasteiger partial charge on any atom is -0.320 e. The lowest BCUT2D eigenvalue weighted by Crippen LogP contribution is -2.27. The summed E-state index contributed by atoms with van der Waals surface area (Å²) >= 11 is 7.26. The van der Waals surface area contributed by atoms with E-state index >= 15 is 0 Å². The lowest BCUT2D eigenvalue weighted by molar-refractivity contribution is -0.113. The maximum Gasteiger partial charge on any atom is 0.325 e. The molecule has 0 spiro atoms. The number of benzene rings is 1. The van der Waals surface area contributed by atoms with Gasteiger partial charge in [-0.05, 0) is 17.7 Å². The molecule has 0 aliphatic carbocycles.